The van der Waals surface area contributed by atoms with Crippen molar-refractivity contribution in [2.24, 2.45) is 7.05 Å². The molecule has 1 aromatic carbocycles. The molecule has 0 aliphatic heterocycles. The highest BCUT2D eigenvalue weighted by Gasteiger charge is 2.10. The Kier molecular flexibility index (Phi) is 3.01. The van der Waals surface area contributed by atoms with E-state index in [2.05, 4.69) is 43.8 Å². The van der Waals surface area contributed by atoms with Crippen LogP contribution in [-0.4, -0.2) is 16.3 Å². The molecule has 0 unspecified atom stereocenters. The van der Waals surface area contributed by atoms with Crippen LogP contribution in [0.3, 0.4) is 0 Å². The van der Waals surface area contributed by atoms with Crippen molar-refractivity contribution in [3.63, 3.8) is 0 Å². The first kappa shape index (κ1) is 11.2. The predicted molar refractivity (Wildman–Crippen MR) is 67.8 cm³/mol. The third-order valence-electron chi connectivity index (χ3n) is 3.22. The van der Waals surface area contributed by atoms with E-state index in [1.54, 1.807) is 0 Å². The Morgan fingerprint density at radius 2 is 1.88 bits per heavy atom. The van der Waals surface area contributed by atoms with E-state index in [0.717, 1.165) is 12.8 Å². The maximum absolute atomic E-state index is 8.92. The van der Waals surface area contributed by atoms with Crippen molar-refractivity contribution in [1.82, 2.24) is 4.57 Å². The zero-order chi connectivity index (χ0) is 11.7. The molecule has 1 aromatic heterocycles. The number of aryl methyl sites for hydroxylation is 4. The largest absolute Gasteiger partial charge is 0.396 e. The fourth-order valence-corrected chi connectivity index (χ4v) is 2.48. The van der Waals surface area contributed by atoms with E-state index < -0.39 is 0 Å². The van der Waals surface area contributed by atoms with E-state index in [4.69, 9.17) is 5.11 Å². The summed E-state index contributed by atoms with van der Waals surface area (Å²) in [7, 11) is 2.09. The maximum atomic E-state index is 8.92. The molecule has 1 N–H and O–H groups in total. The normalized spacial score (nSPS) is 11.2. The van der Waals surface area contributed by atoms with Crippen LogP contribution in [0.1, 0.15) is 23.1 Å². The van der Waals surface area contributed by atoms with Gasteiger partial charge in [-0.2, -0.15) is 0 Å². The van der Waals surface area contributed by atoms with E-state index in [1.165, 1.54) is 27.6 Å². The van der Waals surface area contributed by atoms with Gasteiger partial charge >= 0.3 is 0 Å². The van der Waals surface area contributed by atoms with Crippen molar-refractivity contribution in [3.8, 4) is 0 Å². The Balaban J connectivity index is 2.63. The van der Waals surface area contributed by atoms with Gasteiger partial charge in [0, 0.05) is 25.2 Å². The van der Waals surface area contributed by atoms with E-state index in [9.17, 15) is 0 Å². The SMILES string of the molecule is Cc1ccc(C)c2c1c(CCCO)cn2C. The van der Waals surface area contributed by atoms with Gasteiger partial charge in [-0.1, -0.05) is 12.1 Å². The van der Waals surface area contributed by atoms with Gasteiger partial charge in [-0.05, 0) is 43.4 Å². The lowest BCUT2D eigenvalue weighted by atomic mass is 10.0. The van der Waals surface area contributed by atoms with Crippen LogP contribution in [-0.2, 0) is 13.5 Å². The van der Waals surface area contributed by atoms with Crippen LogP contribution in [0.15, 0.2) is 18.3 Å². The van der Waals surface area contributed by atoms with Crippen LogP contribution in [0.5, 0.6) is 0 Å². The molecule has 0 aliphatic rings. The molecule has 2 nitrogen and oxygen atoms in total. The van der Waals surface area contributed by atoms with Gasteiger partial charge in [0.1, 0.15) is 0 Å². The molecule has 2 rings (SSSR count). The minimum Gasteiger partial charge on any atom is -0.396 e. The lowest BCUT2D eigenvalue weighted by Crippen LogP contribution is -1.89. The molecule has 0 fully saturated rings. The summed E-state index contributed by atoms with van der Waals surface area (Å²) in [5.41, 5.74) is 5.33. The first-order chi connectivity index (χ1) is 7.65. The topological polar surface area (TPSA) is 25.2 Å². The highest BCUT2D eigenvalue weighted by atomic mass is 16.2. The molecule has 0 spiro atoms. The van der Waals surface area contributed by atoms with E-state index >= 15 is 0 Å². The van der Waals surface area contributed by atoms with Gasteiger partial charge in [-0.15, -0.1) is 0 Å². The molecule has 2 aromatic rings. The summed E-state index contributed by atoms with van der Waals surface area (Å²) in [5, 5.41) is 10.3. The van der Waals surface area contributed by atoms with Gasteiger partial charge in [0.25, 0.3) is 0 Å². The summed E-state index contributed by atoms with van der Waals surface area (Å²) in [6.45, 7) is 4.57. The van der Waals surface area contributed by atoms with Crippen molar-refractivity contribution < 1.29 is 5.11 Å². The fourth-order valence-electron chi connectivity index (χ4n) is 2.48. The predicted octanol–water partition coefficient (Wildman–Crippen LogP) is 2.72. The number of aliphatic hydroxyl groups is 1. The molecule has 0 amide bonds. The number of hydrogen-bond acceptors (Lipinski definition) is 1. The van der Waals surface area contributed by atoms with Crippen molar-refractivity contribution in [3.05, 3.63) is 35.0 Å². The molecule has 0 saturated carbocycles. The molecular formula is C14H19NO. The van der Waals surface area contributed by atoms with Crippen LogP contribution < -0.4 is 0 Å². The summed E-state index contributed by atoms with van der Waals surface area (Å²) in [6.07, 6.45) is 3.99. The molecule has 0 bridgehead atoms. The smallest absolute Gasteiger partial charge is 0.0512 e. The second kappa shape index (κ2) is 4.30. The summed E-state index contributed by atoms with van der Waals surface area (Å²) in [6, 6.07) is 4.35. The molecule has 86 valence electrons. The fraction of sp³-hybridized carbons (Fsp3) is 0.429. The molecule has 0 aliphatic carbocycles. The minimum atomic E-state index is 0.265. The Labute approximate surface area is 96.5 Å². The average molecular weight is 217 g/mol. The Bertz CT molecular complexity index is 511. The first-order valence-corrected chi connectivity index (χ1v) is 5.80. The summed E-state index contributed by atoms with van der Waals surface area (Å²) in [5.74, 6) is 0. The quantitative estimate of drug-likeness (QED) is 0.840. The van der Waals surface area contributed by atoms with Crippen LogP contribution in [0, 0.1) is 13.8 Å². The Morgan fingerprint density at radius 3 is 2.56 bits per heavy atom. The lowest BCUT2D eigenvalue weighted by Gasteiger charge is -2.04. The van der Waals surface area contributed by atoms with Gasteiger partial charge in [0.05, 0.1) is 5.52 Å². The molecule has 16 heavy (non-hydrogen) atoms. The third-order valence-corrected chi connectivity index (χ3v) is 3.22. The Morgan fingerprint density at radius 1 is 1.19 bits per heavy atom. The molecule has 0 saturated heterocycles. The van der Waals surface area contributed by atoms with Crippen molar-refractivity contribution >= 4 is 10.9 Å². The number of aliphatic hydroxyl groups excluding tert-OH is 1. The summed E-state index contributed by atoms with van der Waals surface area (Å²) in [4.78, 5) is 0. The Hall–Kier alpha value is -1.28. The maximum Gasteiger partial charge on any atom is 0.0512 e. The van der Waals surface area contributed by atoms with Gasteiger partial charge in [-0.25, -0.2) is 0 Å². The van der Waals surface area contributed by atoms with Gasteiger partial charge in [-0.3, -0.25) is 0 Å². The van der Waals surface area contributed by atoms with Crippen LogP contribution in [0.4, 0.5) is 0 Å². The summed E-state index contributed by atoms with van der Waals surface area (Å²) >= 11 is 0. The van der Waals surface area contributed by atoms with Gasteiger partial charge < -0.3 is 9.67 Å². The molecule has 1 heterocycles. The second-order valence-corrected chi connectivity index (χ2v) is 4.52. The van der Waals surface area contributed by atoms with Crippen molar-refractivity contribution in [1.29, 1.82) is 0 Å². The molecular weight excluding hydrogens is 198 g/mol. The minimum absolute atomic E-state index is 0.265. The van der Waals surface area contributed by atoms with Crippen LogP contribution in [0.25, 0.3) is 10.9 Å². The lowest BCUT2D eigenvalue weighted by molar-refractivity contribution is 0.288. The van der Waals surface area contributed by atoms with Crippen LogP contribution >= 0.6 is 0 Å². The number of nitrogens with zero attached hydrogens (tertiary/aromatic N) is 1. The van der Waals surface area contributed by atoms with E-state index in [1.807, 2.05) is 0 Å². The monoisotopic (exact) mass is 217 g/mol. The number of rotatable bonds is 3. The van der Waals surface area contributed by atoms with Gasteiger partial charge in [0.15, 0.2) is 0 Å². The molecule has 0 radical (unpaired) electrons. The standard InChI is InChI=1S/C14H19NO/c1-10-6-7-11(2)14-13(10)12(5-4-8-16)9-15(14)3/h6-7,9,16H,4-5,8H2,1-3H3. The van der Waals surface area contributed by atoms with E-state index in [-0.39, 0.29) is 6.61 Å². The average Bonchev–Trinajstić information content (AvgIpc) is 2.59. The number of benzene rings is 1. The molecule has 2 heteroatoms. The summed E-state index contributed by atoms with van der Waals surface area (Å²) < 4.78 is 2.20. The van der Waals surface area contributed by atoms with E-state index in [0.29, 0.717) is 0 Å². The third kappa shape index (κ3) is 1.74. The highest BCUT2D eigenvalue weighted by molar-refractivity contribution is 5.89. The number of hydrogen-bond donors (Lipinski definition) is 1. The molecule has 0 atom stereocenters. The highest BCUT2D eigenvalue weighted by Crippen LogP contribution is 2.27. The number of fused-ring (bicyclic) bond motifs is 1. The zero-order valence-electron chi connectivity index (χ0n) is 10.2. The van der Waals surface area contributed by atoms with Gasteiger partial charge in [0.2, 0.25) is 0 Å². The van der Waals surface area contributed by atoms with Crippen LogP contribution in [0.2, 0.25) is 0 Å². The number of aromatic nitrogens is 1. The second-order valence-electron chi connectivity index (χ2n) is 4.52. The first-order valence-electron chi connectivity index (χ1n) is 5.80. The van der Waals surface area contributed by atoms with Crippen molar-refractivity contribution in [2.75, 3.05) is 6.61 Å². The van der Waals surface area contributed by atoms with Crippen molar-refractivity contribution in [2.45, 2.75) is 26.7 Å². The zero-order valence-corrected chi connectivity index (χ0v) is 10.2.